The molecule has 1 aromatic heterocycles. The number of rotatable bonds is 4. The van der Waals surface area contributed by atoms with Crippen LogP contribution in [-0.2, 0) is 4.74 Å². The molecule has 1 aliphatic heterocycles. The maximum absolute atomic E-state index is 14.0. The van der Waals surface area contributed by atoms with Crippen LogP contribution in [0, 0.1) is 12.7 Å². The second-order valence-corrected chi connectivity index (χ2v) is 5.72. The van der Waals surface area contributed by atoms with Gasteiger partial charge >= 0.3 is 0 Å². The first-order valence-corrected chi connectivity index (χ1v) is 7.72. The van der Waals surface area contributed by atoms with E-state index in [0.29, 0.717) is 12.1 Å². The summed E-state index contributed by atoms with van der Waals surface area (Å²) >= 11 is 0. The number of ether oxygens (including phenoxy) is 1. The third-order valence-electron chi connectivity index (χ3n) is 4.06. The predicted molar refractivity (Wildman–Crippen MR) is 84.7 cm³/mol. The summed E-state index contributed by atoms with van der Waals surface area (Å²) in [5.41, 5.74) is 2.25. The largest absolute Gasteiger partial charge is 0.394 e. The number of anilines is 1. The monoisotopic (exact) mass is 304 g/mol. The van der Waals surface area contributed by atoms with Crippen LogP contribution in [0.15, 0.2) is 24.3 Å². The van der Waals surface area contributed by atoms with E-state index < -0.39 is 0 Å². The zero-order chi connectivity index (χ0) is 15.5. The lowest BCUT2D eigenvalue weighted by molar-refractivity contribution is 0.0215. The number of pyridine rings is 1. The van der Waals surface area contributed by atoms with Crippen molar-refractivity contribution in [2.24, 2.45) is 0 Å². The third-order valence-corrected chi connectivity index (χ3v) is 4.06. The van der Waals surface area contributed by atoms with Crippen LogP contribution in [0.2, 0.25) is 0 Å². The molecule has 1 N–H and O–H groups in total. The number of aromatic nitrogens is 1. The summed E-state index contributed by atoms with van der Waals surface area (Å²) in [5.74, 6) is -0.285. The van der Waals surface area contributed by atoms with E-state index in [1.807, 2.05) is 19.1 Å². The number of hydrogen-bond acceptors (Lipinski definition) is 4. The first-order chi connectivity index (χ1) is 10.7. The Morgan fingerprint density at radius 1 is 1.45 bits per heavy atom. The van der Waals surface area contributed by atoms with Crippen LogP contribution < -0.4 is 4.90 Å². The van der Waals surface area contributed by atoms with E-state index in [1.54, 1.807) is 6.07 Å². The third kappa shape index (κ3) is 3.05. The molecule has 0 amide bonds. The van der Waals surface area contributed by atoms with Crippen LogP contribution in [0.3, 0.4) is 0 Å². The summed E-state index contributed by atoms with van der Waals surface area (Å²) in [6.07, 6.45) is 2.12. The first-order valence-electron chi connectivity index (χ1n) is 7.72. The average molecular weight is 304 g/mol. The molecular weight excluding hydrogens is 283 g/mol. The second kappa shape index (κ2) is 6.58. The molecule has 1 unspecified atom stereocenters. The van der Waals surface area contributed by atoms with Gasteiger partial charge in [-0.2, -0.15) is 0 Å². The zero-order valence-electron chi connectivity index (χ0n) is 12.8. The minimum absolute atomic E-state index is 0.0407. The summed E-state index contributed by atoms with van der Waals surface area (Å²) < 4.78 is 19.7. The van der Waals surface area contributed by atoms with E-state index in [-0.39, 0.29) is 18.5 Å². The van der Waals surface area contributed by atoms with Gasteiger partial charge in [-0.25, -0.2) is 9.37 Å². The highest BCUT2D eigenvalue weighted by atomic mass is 19.1. The average Bonchev–Trinajstić information content (AvgIpc) is 2.53. The van der Waals surface area contributed by atoms with Gasteiger partial charge < -0.3 is 14.7 Å². The van der Waals surface area contributed by atoms with Crippen LogP contribution >= 0.6 is 0 Å². The van der Waals surface area contributed by atoms with Crippen molar-refractivity contribution in [1.82, 2.24) is 4.98 Å². The normalized spacial score (nSPS) is 18.9. The Hall–Kier alpha value is -1.72. The highest BCUT2D eigenvalue weighted by molar-refractivity contribution is 5.92. The van der Waals surface area contributed by atoms with Crippen molar-refractivity contribution in [1.29, 1.82) is 0 Å². The van der Waals surface area contributed by atoms with Gasteiger partial charge in [0.15, 0.2) is 0 Å². The van der Waals surface area contributed by atoms with Crippen LogP contribution in [0.5, 0.6) is 0 Å². The molecule has 0 aliphatic carbocycles. The number of halogens is 1. The number of nitrogens with zero attached hydrogens (tertiary/aromatic N) is 2. The molecule has 118 valence electrons. The Kier molecular flexibility index (Phi) is 4.55. The molecule has 4 nitrogen and oxygen atoms in total. The van der Waals surface area contributed by atoms with Crippen molar-refractivity contribution in [2.45, 2.75) is 25.9 Å². The van der Waals surface area contributed by atoms with Crippen molar-refractivity contribution >= 4 is 16.6 Å². The minimum atomic E-state index is -0.285. The lowest BCUT2D eigenvalue weighted by atomic mass is 10.0. The molecule has 3 rings (SSSR count). The number of piperidine rings is 1. The van der Waals surface area contributed by atoms with Crippen LogP contribution in [0.4, 0.5) is 10.1 Å². The van der Waals surface area contributed by atoms with Gasteiger partial charge in [0.2, 0.25) is 0 Å². The van der Waals surface area contributed by atoms with E-state index in [9.17, 15) is 4.39 Å². The van der Waals surface area contributed by atoms with Gasteiger partial charge in [0, 0.05) is 29.9 Å². The Labute approximate surface area is 129 Å². The standard InChI is InChI=1S/C17H21FN2O2/c1-12-10-16(14-5-2-6-15(18)17(14)19-12)20-7-3-4-13(11-20)22-9-8-21/h2,5-6,10,13,21H,3-4,7-9,11H2,1H3. The number of fused-ring (bicyclic) bond motifs is 1. The highest BCUT2D eigenvalue weighted by Crippen LogP contribution is 2.30. The number of para-hydroxylation sites is 1. The van der Waals surface area contributed by atoms with Crippen molar-refractivity contribution in [3.8, 4) is 0 Å². The van der Waals surface area contributed by atoms with E-state index in [4.69, 9.17) is 9.84 Å². The molecule has 5 heteroatoms. The molecular formula is C17H21FN2O2. The molecule has 1 aromatic carbocycles. The quantitative estimate of drug-likeness (QED) is 0.943. The van der Waals surface area contributed by atoms with Gasteiger partial charge in [0.1, 0.15) is 11.3 Å². The van der Waals surface area contributed by atoms with Gasteiger partial charge in [-0.15, -0.1) is 0 Å². The Balaban J connectivity index is 1.93. The molecule has 22 heavy (non-hydrogen) atoms. The van der Waals surface area contributed by atoms with Crippen molar-refractivity contribution in [2.75, 3.05) is 31.2 Å². The van der Waals surface area contributed by atoms with Gasteiger partial charge in [-0.05, 0) is 31.9 Å². The molecule has 0 radical (unpaired) electrons. The first kappa shape index (κ1) is 15.2. The van der Waals surface area contributed by atoms with Crippen molar-refractivity contribution in [3.63, 3.8) is 0 Å². The predicted octanol–water partition coefficient (Wildman–Crippen LogP) is 2.66. The Bertz CT molecular complexity index is 662. The molecule has 1 atom stereocenters. The number of aliphatic hydroxyl groups excluding tert-OH is 1. The summed E-state index contributed by atoms with van der Waals surface area (Å²) in [6, 6.07) is 7.10. The SMILES string of the molecule is Cc1cc(N2CCCC(OCCO)C2)c2cccc(F)c2n1. The maximum atomic E-state index is 14.0. The van der Waals surface area contributed by atoms with Gasteiger partial charge in [0.25, 0.3) is 0 Å². The fraction of sp³-hybridized carbons (Fsp3) is 0.471. The van der Waals surface area contributed by atoms with Crippen LogP contribution in [0.1, 0.15) is 18.5 Å². The number of aliphatic hydroxyl groups is 1. The van der Waals surface area contributed by atoms with E-state index >= 15 is 0 Å². The molecule has 2 aromatic rings. The zero-order valence-corrected chi connectivity index (χ0v) is 12.8. The molecule has 1 saturated heterocycles. The molecule has 0 spiro atoms. The van der Waals surface area contributed by atoms with Crippen LogP contribution in [-0.4, -0.2) is 42.5 Å². The second-order valence-electron chi connectivity index (χ2n) is 5.72. The smallest absolute Gasteiger partial charge is 0.149 e. The minimum Gasteiger partial charge on any atom is -0.394 e. The fourth-order valence-electron chi connectivity index (χ4n) is 3.09. The summed E-state index contributed by atoms with van der Waals surface area (Å²) in [5, 5.41) is 9.74. The Morgan fingerprint density at radius 3 is 3.14 bits per heavy atom. The summed E-state index contributed by atoms with van der Waals surface area (Å²) in [6.45, 7) is 3.98. The summed E-state index contributed by atoms with van der Waals surface area (Å²) in [7, 11) is 0. The van der Waals surface area contributed by atoms with Gasteiger partial charge in [-0.3, -0.25) is 0 Å². The highest BCUT2D eigenvalue weighted by Gasteiger charge is 2.22. The molecule has 0 bridgehead atoms. The van der Waals surface area contributed by atoms with Crippen LogP contribution in [0.25, 0.3) is 10.9 Å². The van der Waals surface area contributed by atoms with Gasteiger partial charge in [-0.1, -0.05) is 12.1 Å². The summed E-state index contributed by atoms with van der Waals surface area (Å²) in [4.78, 5) is 6.57. The Morgan fingerprint density at radius 2 is 2.32 bits per heavy atom. The number of aryl methyl sites for hydroxylation is 1. The number of benzene rings is 1. The number of hydrogen-bond donors (Lipinski definition) is 1. The lowest BCUT2D eigenvalue weighted by Gasteiger charge is -2.35. The molecule has 1 fully saturated rings. The fourth-order valence-corrected chi connectivity index (χ4v) is 3.09. The lowest BCUT2D eigenvalue weighted by Crippen LogP contribution is -2.40. The van der Waals surface area contributed by atoms with E-state index in [2.05, 4.69) is 9.88 Å². The maximum Gasteiger partial charge on any atom is 0.149 e. The topological polar surface area (TPSA) is 45.6 Å². The van der Waals surface area contributed by atoms with E-state index in [0.717, 1.165) is 42.7 Å². The van der Waals surface area contributed by atoms with Crippen molar-refractivity contribution in [3.05, 3.63) is 35.8 Å². The van der Waals surface area contributed by atoms with Gasteiger partial charge in [0.05, 0.1) is 19.3 Å². The molecule has 2 heterocycles. The van der Waals surface area contributed by atoms with Crippen molar-refractivity contribution < 1.29 is 14.2 Å². The molecule has 1 aliphatic rings. The van der Waals surface area contributed by atoms with E-state index in [1.165, 1.54) is 6.07 Å². The molecule has 0 saturated carbocycles.